The smallest absolute Gasteiger partial charge is 0.304 e. The van der Waals surface area contributed by atoms with E-state index in [0.29, 0.717) is 5.65 Å². The van der Waals surface area contributed by atoms with Gasteiger partial charge in [-0.05, 0) is 45.3 Å². The van der Waals surface area contributed by atoms with Gasteiger partial charge in [-0.2, -0.15) is 0 Å². The van der Waals surface area contributed by atoms with Crippen LogP contribution in [0, 0.1) is 5.82 Å². The Morgan fingerprint density at radius 1 is 1.36 bits per heavy atom. The Kier molecular flexibility index (Phi) is 3.94. The van der Waals surface area contributed by atoms with Crippen LogP contribution in [0.1, 0.15) is 23.5 Å². The number of halogens is 2. The molecule has 4 nitrogen and oxygen atoms in total. The summed E-state index contributed by atoms with van der Waals surface area (Å²) in [6.45, 7) is 0. The van der Waals surface area contributed by atoms with Gasteiger partial charge in [-0.3, -0.25) is 4.79 Å². The van der Waals surface area contributed by atoms with Crippen LogP contribution in [0.4, 0.5) is 4.39 Å². The number of H-pyrrole nitrogens is 1. The summed E-state index contributed by atoms with van der Waals surface area (Å²) >= 11 is 3.37. The number of pyridine rings is 1. The van der Waals surface area contributed by atoms with E-state index in [1.165, 1.54) is 12.1 Å². The van der Waals surface area contributed by atoms with E-state index in [4.69, 9.17) is 0 Å². The molecule has 2 aromatic heterocycles. The summed E-state index contributed by atoms with van der Waals surface area (Å²) in [5.74, 6) is -1.63. The molecule has 0 aliphatic heterocycles. The van der Waals surface area contributed by atoms with Crippen molar-refractivity contribution in [2.45, 2.75) is 12.3 Å². The van der Waals surface area contributed by atoms with Gasteiger partial charge in [0.1, 0.15) is 11.5 Å². The summed E-state index contributed by atoms with van der Waals surface area (Å²) in [4.78, 5) is 18.6. The Hall–Kier alpha value is -2.21. The fourth-order valence-corrected chi connectivity index (χ4v) is 2.89. The molecule has 0 amide bonds. The van der Waals surface area contributed by atoms with E-state index < -0.39 is 5.97 Å². The number of carboxylic acids is 1. The van der Waals surface area contributed by atoms with Crippen LogP contribution in [0.15, 0.2) is 47.2 Å². The van der Waals surface area contributed by atoms with Gasteiger partial charge in [0, 0.05) is 28.2 Å². The highest BCUT2D eigenvalue weighted by atomic mass is 79.9. The Morgan fingerprint density at radius 2 is 2.09 bits per heavy atom. The number of nitrogens with one attached hydrogen (secondary N) is 1. The first-order valence-corrected chi connectivity index (χ1v) is 7.43. The van der Waals surface area contributed by atoms with Gasteiger partial charge in [-0.15, -0.1) is 0 Å². The predicted octanol–water partition coefficient (Wildman–Crippen LogP) is 4.07. The topological polar surface area (TPSA) is 66.0 Å². The number of rotatable bonds is 4. The van der Waals surface area contributed by atoms with Crippen molar-refractivity contribution < 1.29 is 14.3 Å². The number of nitrogens with zero attached hydrogens (tertiary/aromatic N) is 1. The molecule has 0 bridgehead atoms. The average Bonchev–Trinajstić information content (AvgIpc) is 2.88. The third-order valence-electron chi connectivity index (χ3n) is 3.56. The van der Waals surface area contributed by atoms with Gasteiger partial charge in [-0.25, -0.2) is 9.37 Å². The highest BCUT2D eigenvalue weighted by Crippen LogP contribution is 2.33. The van der Waals surface area contributed by atoms with Gasteiger partial charge in [0.05, 0.1) is 6.42 Å². The number of aliphatic carboxylic acids is 1. The van der Waals surface area contributed by atoms with Crippen LogP contribution in [0.2, 0.25) is 0 Å². The third kappa shape index (κ3) is 2.87. The maximum absolute atomic E-state index is 13.1. The lowest BCUT2D eigenvalue weighted by atomic mass is 9.88. The van der Waals surface area contributed by atoms with Crippen molar-refractivity contribution in [2.75, 3.05) is 0 Å². The Balaban J connectivity index is 2.13. The van der Waals surface area contributed by atoms with Gasteiger partial charge in [0.15, 0.2) is 0 Å². The van der Waals surface area contributed by atoms with E-state index >= 15 is 0 Å². The van der Waals surface area contributed by atoms with E-state index in [0.717, 1.165) is 21.0 Å². The number of aromatic amines is 1. The van der Waals surface area contributed by atoms with Gasteiger partial charge in [0.2, 0.25) is 0 Å². The van der Waals surface area contributed by atoms with Crippen molar-refractivity contribution in [3.05, 3.63) is 64.1 Å². The van der Waals surface area contributed by atoms with Crippen molar-refractivity contribution in [1.29, 1.82) is 0 Å². The van der Waals surface area contributed by atoms with E-state index in [1.54, 1.807) is 24.5 Å². The van der Waals surface area contributed by atoms with Crippen molar-refractivity contribution in [3.63, 3.8) is 0 Å². The van der Waals surface area contributed by atoms with Crippen molar-refractivity contribution in [1.82, 2.24) is 9.97 Å². The Labute approximate surface area is 134 Å². The normalized spacial score (nSPS) is 12.5. The molecule has 6 heteroatoms. The molecular weight excluding hydrogens is 351 g/mol. The van der Waals surface area contributed by atoms with Gasteiger partial charge in [-0.1, -0.05) is 12.1 Å². The standard InChI is InChI=1S/C16H12BrFN2O2/c17-10-5-13-14(8-20-16(13)19-7-10)12(6-15(21)22)9-1-3-11(18)4-2-9/h1-5,7-8,12H,6H2,(H,19,20)(H,21,22)/t12-/m1/s1. The second-order valence-corrected chi connectivity index (χ2v) is 5.91. The molecule has 3 rings (SSSR count). The zero-order chi connectivity index (χ0) is 15.7. The minimum absolute atomic E-state index is 0.0783. The van der Waals surface area contributed by atoms with Gasteiger partial charge >= 0.3 is 5.97 Å². The second kappa shape index (κ2) is 5.88. The minimum Gasteiger partial charge on any atom is -0.481 e. The van der Waals surface area contributed by atoms with E-state index in [2.05, 4.69) is 25.9 Å². The molecule has 1 atom stereocenters. The molecule has 0 saturated heterocycles. The summed E-state index contributed by atoms with van der Waals surface area (Å²) < 4.78 is 13.9. The first-order valence-electron chi connectivity index (χ1n) is 6.64. The molecule has 0 fully saturated rings. The number of hydrogen-bond donors (Lipinski definition) is 2. The molecular formula is C16H12BrFN2O2. The minimum atomic E-state index is -0.911. The van der Waals surface area contributed by atoms with Crippen molar-refractivity contribution >= 4 is 32.9 Å². The second-order valence-electron chi connectivity index (χ2n) is 5.00. The number of aromatic nitrogens is 2. The fraction of sp³-hybridized carbons (Fsp3) is 0.125. The quantitative estimate of drug-likeness (QED) is 0.734. The van der Waals surface area contributed by atoms with E-state index in [-0.39, 0.29) is 18.2 Å². The lowest BCUT2D eigenvalue weighted by Crippen LogP contribution is -2.07. The largest absolute Gasteiger partial charge is 0.481 e. The average molecular weight is 363 g/mol. The summed E-state index contributed by atoms with van der Waals surface area (Å²) in [6, 6.07) is 7.81. The molecule has 0 radical (unpaired) electrons. The Bertz CT molecular complexity index is 830. The molecule has 0 saturated carbocycles. The molecule has 112 valence electrons. The molecule has 0 spiro atoms. The maximum atomic E-state index is 13.1. The predicted molar refractivity (Wildman–Crippen MR) is 84.3 cm³/mol. The van der Waals surface area contributed by atoms with Gasteiger partial charge in [0.25, 0.3) is 0 Å². The summed E-state index contributed by atoms with van der Waals surface area (Å²) in [6.07, 6.45) is 3.36. The van der Waals surface area contributed by atoms with Crippen LogP contribution in [-0.4, -0.2) is 21.0 Å². The van der Waals surface area contributed by atoms with Crippen molar-refractivity contribution in [2.24, 2.45) is 0 Å². The zero-order valence-electron chi connectivity index (χ0n) is 11.4. The monoisotopic (exact) mass is 362 g/mol. The fourth-order valence-electron chi connectivity index (χ4n) is 2.56. The zero-order valence-corrected chi connectivity index (χ0v) is 13.0. The molecule has 3 aromatic rings. The van der Waals surface area contributed by atoms with Crippen LogP contribution in [0.25, 0.3) is 11.0 Å². The number of carbonyl (C=O) groups is 1. The first-order chi connectivity index (χ1) is 10.5. The Morgan fingerprint density at radius 3 is 2.77 bits per heavy atom. The highest BCUT2D eigenvalue weighted by molar-refractivity contribution is 9.10. The lowest BCUT2D eigenvalue weighted by Gasteiger charge is -2.15. The van der Waals surface area contributed by atoms with E-state index in [9.17, 15) is 14.3 Å². The van der Waals surface area contributed by atoms with Crippen LogP contribution >= 0.6 is 15.9 Å². The summed E-state index contributed by atoms with van der Waals surface area (Å²) in [7, 11) is 0. The van der Waals surface area contributed by atoms with Crippen LogP contribution < -0.4 is 0 Å². The van der Waals surface area contributed by atoms with Crippen LogP contribution in [-0.2, 0) is 4.79 Å². The van der Waals surface area contributed by atoms with Crippen LogP contribution in [0.5, 0.6) is 0 Å². The SMILES string of the molecule is O=C(O)C[C@H](c1ccc(F)cc1)c1c[nH]c2ncc(Br)cc12. The molecule has 2 N–H and O–H groups in total. The molecule has 0 unspecified atom stereocenters. The molecule has 22 heavy (non-hydrogen) atoms. The molecule has 1 aromatic carbocycles. The van der Waals surface area contributed by atoms with E-state index in [1.807, 2.05) is 6.07 Å². The summed E-state index contributed by atoms with van der Waals surface area (Å²) in [5.41, 5.74) is 2.28. The number of hydrogen-bond acceptors (Lipinski definition) is 2. The molecule has 0 aliphatic rings. The maximum Gasteiger partial charge on any atom is 0.304 e. The third-order valence-corrected chi connectivity index (χ3v) is 3.99. The van der Waals surface area contributed by atoms with Crippen molar-refractivity contribution in [3.8, 4) is 0 Å². The lowest BCUT2D eigenvalue weighted by molar-refractivity contribution is -0.137. The summed E-state index contributed by atoms with van der Waals surface area (Å²) in [5, 5.41) is 10.1. The number of fused-ring (bicyclic) bond motifs is 1. The highest BCUT2D eigenvalue weighted by Gasteiger charge is 2.21. The molecule has 2 heterocycles. The van der Waals surface area contributed by atoms with Crippen LogP contribution in [0.3, 0.4) is 0 Å². The molecule has 0 aliphatic carbocycles. The number of carboxylic acid groups (broad SMARTS) is 1. The van der Waals surface area contributed by atoms with Gasteiger partial charge < -0.3 is 10.1 Å². The first kappa shape index (κ1) is 14.7. The number of benzene rings is 1.